The maximum atomic E-state index is 11.8. The number of hydrogen-bond donors (Lipinski definition) is 2. The van der Waals surface area contributed by atoms with Crippen LogP contribution in [0.1, 0.15) is 25.7 Å². The van der Waals surface area contributed by atoms with Gasteiger partial charge < -0.3 is 5.32 Å². The average molecular weight is 311 g/mol. The highest BCUT2D eigenvalue weighted by atomic mass is 35.5. The smallest absolute Gasteiger partial charge is 0.313 e. The van der Waals surface area contributed by atoms with Crippen molar-refractivity contribution in [2.75, 3.05) is 18.8 Å². The fourth-order valence-corrected chi connectivity index (χ4v) is 2.82. The van der Waals surface area contributed by atoms with E-state index >= 15 is 0 Å². The first-order valence-electron chi connectivity index (χ1n) is 5.56. The Kier molecular flexibility index (Phi) is 7.50. The van der Waals surface area contributed by atoms with Crippen LogP contribution in [0.15, 0.2) is 0 Å². The van der Waals surface area contributed by atoms with Crippen molar-refractivity contribution in [3.05, 3.63) is 0 Å². The molecule has 18 heavy (non-hydrogen) atoms. The first-order chi connectivity index (χ1) is 7.79. The molecule has 1 unspecified atom stereocenters. The lowest BCUT2D eigenvalue weighted by Gasteiger charge is -2.12. The average Bonchev–Trinajstić information content (AvgIpc) is 2.64. The summed E-state index contributed by atoms with van der Waals surface area (Å²) in [5.74, 6) is -0.473. The minimum absolute atomic E-state index is 0. The molecule has 0 amide bonds. The zero-order chi connectivity index (χ0) is 12.9. The minimum Gasteiger partial charge on any atom is -0.313 e. The molecular weight excluding hydrogens is 293 g/mol. The van der Waals surface area contributed by atoms with E-state index in [9.17, 15) is 21.6 Å². The summed E-state index contributed by atoms with van der Waals surface area (Å²) in [5.41, 5.74) is 0. The van der Waals surface area contributed by atoms with Crippen LogP contribution in [0, 0.1) is 0 Å². The number of halogens is 4. The van der Waals surface area contributed by atoms with Gasteiger partial charge >= 0.3 is 6.18 Å². The lowest BCUT2D eigenvalue weighted by atomic mass is 10.2. The summed E-state index contributed by atoms with van der Waals surface area (Å²) in [6, 6.07) is 0.104. The second-order valence-electron chi connectivity index (χ2n) is 4.18. The van der Waals surface area contributed by atoms with E-state index in [1.54, 1.807) is 0 Å². The second kappa shape index (κ2) is 7.52. The first kappa shape index (κ1) is 17.9. The van der Waals surface area contributed by atoms with Gasteiger partial charge in [-0.05, 0) is 25.8 Å². The molecule has 0 spiro atoms. The molecule has 110 valence electrons. The van der Waals surface area contributed by atoms with Crippen molar-refractivity contribution in [1.29, 1.82) is 0 Å². The predicted octanol–water partition coefficient (Wildman–Crippen LogP) is 1.42. The maximum Gasteiger partial charge on any atom is 0.389 e. The fourth-order valence-electron chi connectivity index (χ4n) is 1.69. The molecule has 0 aromatic carbocycles. The summed E-state index contributed by atoms with van der Waals surface area (Å²) >= 11 is 0. The number of alkyl halides is 3. The van der Waals surface area contributed by atoms with E-state index in [0.717, 1.165) is 19.4 Å². The Balaban J connectivity index is 0.00000289. The van der Waals surface area contributed by atoms with Gasteiger partial charge in [0.15, 0.2) is 0 Å². The van der Waals surface area contributed by atoms with Crippen molar-refractivity contribution < 1.29 is 21.6 Å². The molecule has 1 aliphatic heterocycles. The topological polar surface area (TPSA) is 58.2 Å². The highest BCUT2D eigenvalue weighted by molar-refractivity contribution is 7.89. The summed E-state index contributed by atoms with van der Waals surface area (Å²) in [5, 5.41) is 3.10. The quantitative estimate of drug-likeness (QED) is 0.780. The van der Waals surface area contributed by atoms with Crippen molar-refractivity contribution in [3.8, 4) is 0 Å². The van der Waals surface area contributed by atoms with Gasteiger partial charge in [0, 0.05) is 19.0 Å². The maximum absolute atomic E-state index is 11.8. The van der Waals surface area contributed by atoms with E-state index < -0.39 is 34.8 Å². The van der Waals surface area contributed by atoms with Crippen molar-refractivity contribution >= 4 is 22.4 Å². The van der Waals surface area contributed by atoms with E-state index in [0.29, 0.717) is 0 Å². The predicted molar refractivity (Wildman–Crippen MR) is 65.4 cm³/mol. The molecule has 4 nitrogen and oxygen atoms in total. The second-order valence-corrected chi connectivity index (χ2v) is 6.11. The van der Waals surface area contributed by atoms with Crippen LogP contribution < -0.4 is 10.0 Å². The Morgan fingerprint density at radius 1 is 1.33 bits per heavy atom. The normalized spacial score (nSPS) is 20.7. The van der Waals surface area contributed by atoms with Crippen LogP contribution >= 0.6 is 12.4 Å². The van der Waals surface area contributed by atoms with Crippen LogP contribution in [0.5, 0.6) is 0 Å². The molecule has 0 radical (unpaired) electrons. The molecule has 0 aromatic rings. The van der Waals surface area contributed by atoms with Gasteiger partial charge in [-0.2, -0.15) is 13.2 Å². The molecule has 1 rings (SSSR count). The summed E-state index contributed by atoms with van der Waals surface area (Å²) < 4.78 is 60.6. The summed E-state index contributed by atoms with van der Waals surface area (Å²) in [6.45, 7) is 1.12. The highest BCUT2D eigenvalue weighted by Crippen LogP contribution is 2.21. The summed E-state index contributed by atoms with van der Waals surface area (Å²) in [4.78, 5) is 0. The number of hydrogen-bond acceptors (Lipinski definition) is 3. The molecule has 1 heterocycles. The van der Waals surface area contributed by atoms with E-state index in [1.807, 2.05) is 0 Å². The third-order valence-electron chi connectivity index (χ3n) is 2.59. The van der Waals surface area contributed by atoms with Gasteiger partial charge in [-0.3, -0.25) is 0 Å². The van der Waals surface area contributed by atoms with Gasteiger partial charge in [0.25, 0.3) is 0 Å². The van der Waals surface area contributed by atoms with Crippen LogP contribution in [-0.4, -0.2) is 39.5 Å². The Morgan fingerprint density at radius 3 is 2.50 bits per heavy atom. The van der Waals surface area contributed by atoms with Gasteiger partial charge in [0.2, 0.25) is 10.0 Å². The molecule has 0 saturated carbocycles. The Labute approximate surface area is 111 Å². The highest BCUT2D eigenvalue weighted by Gasteiger charge is 2.27. The van der Waals surface area contributed by atoms with Crippen molar-refractivity contribution in [3.63, 3.8) is 0 Å². The van der Waals surface area contributed by atoms with Crippen LogP contribution in [0.4, 0.5) is 13.2 Å². The van der Waals surface area contributed by atoms with E-state index in [4.69, 9.17) is 0 Å². The number of sulfonamides is 1. The van der Waals surface area contributed by atoms with E-state index in [1.165, 1.54) is 0 Å². The first-order valence-corrected chi connectivity index (χ1v) is 7.21. The Bertz CT molecular complexity index is 329. The zero-order valence-electron chi connectivity index (χ0n) is 9.79. The van der Waals surface area contributed by atoms with Crippen molar-refractivity contribution in [2.45, 2.75) is 37.9 Å². The van der Waals surface area contributed by atoms with Crippen LogP contribution in [-0.2, 0) is 10.0 Å². The monoisotopic (exact) mass is 310 g/mol. The molecule has 0 aromatic heterocycles. The van der Waals surface area contributed by atoms with Crippen LogP contribution in [0.25, 0.3) is 0 Å². The molecular formula is C9H18ClF3N2O2S. The van der Waals surface area contributed by atoms with Crippen LogP contribution in [0.3, 0.4) is 0 Å². The molecule has 1 atom stereocenters. The van der Waals surface area contributed by atoms with Gasteiger partial charge in [-0.25, -0.2) is 13.1 Å². The Hall–Kier alpha value is -0.0500. The van der Waals surface area contributed by atoms with E-state index in [-0.39, 0.29) is 25.0 Å². The Morgan fingerprint density at radius 2 is 2.00 bits per heavy atom. The lowest BCUT2D eigenvalue weighted by molar-refractivity contribution is -0.134. The van der Waals surface area contributed by atoms with Gasteiger partial charge in [-0.1, -0.05) is 0 Å². The number of rotatable bonds is 6. The van der Waals surface area contributed by atoms with Crippen LogP contribution in [0.2, 0.25) is 0 Å². The molecule has 1 fully saturated rings. The standard InChI is InChI=1S/C9H17F3N2O2S.ClH/c10-9(11,12)4-2-6-17(15,16)14-7-8-3-1-5-13-8;/h8,13-14H,1-7H2;1H. The third kappa shape index (κ3) is 8.12. The largest absolute Gasteiger partial charge is 0.389 e. The van der Waals surface area contributed by atoms with Gasteiger partial charge in [-0.15, -0.1) is 12.4 Å². The summed E-state index contributed by atoms with van der Waals surface area (Å²) in [6.07, 6.45) is -3.85. The van der Waals surface area contributed by atoms with Crippen molar-refractivity contribution in [1.82, 2.24) is 10.0 Å². The third-order valence-corrected chi connectivity index (χ3v) is 4.02. The molecule has 1 saturated heterocycles. The summed E-state index contributed by atoms with van der Waals surface area (Å²) in [7, 11) is -3.58. The molecule has 9 heteroatoms. The molecule has 1 aliphatic rings. The molecule has 0 bridgehead atoms. The van der Waals surface area contributed by atoms with Gasteiger partial charge in [0.05, 0.1) is 5.75 Å². The van der Waals surface area contributed by atoms with Gasteiger partial charge in [0.1, 0.15) is 0 Å². The number of nitrogens with one attached hydrogen (secondary N) is 2. The van der Waals surface area contributed by atoms with E-state index in [2.05, 4.69) is 10.0 Å². The lowest BCUT2D eigenvalue weighted by Crippen LogP contribution is -2.38. The van der Waals surface area contributed by atoms with Crippen molar-refractivity contribution in [2.24, 2.45) is 0 Å². The molecule has 0 aliphatic carbocycles. The fraction of sp³-hybridized carbons (Fsp3) is 1.00. The minimum atomic E-state index is -4.29. The molecule has 2 N–H and O–H groups in total. The SMILES string of the molecule is Cl.O=S(=O)(CCCC(F)(F)F)NCC1CCCN1. The zero-order valence-corrected chi connectivity index (χ0v) is 11.4.